The van der Waals surface area contributed by atoms with Crippen LogP contribution in [0.5, 0.6) is 0 Å². The quantitative estimate of drug-likeness (QED) is 0.0205. The predicted octanol–water partition coefficient (Wildman–Crippen LogP) is 20.1. The molecule has 2 N–H and O–H groups in total. The van der Waals surface area contributed by atoms with Crippen molar-refractivity contribution in [3.8, 4) is 0 Å². The predicted molar refractivity (Wildman–Crippen MR) is 323 cm³/mol. The molecule has 0 spiro atoms. The Morgan fingerprint density at radius 2 is 0.773 bits per heavy atom. The molecule has 0 bridgehead atoms. The average molecular weight is 1080 g/mol. The lowest BCUT2D eigenvalue weighted by Crippen LogP contribution is -2.47. The summed E-state index contributed by atoms with van der Waals surface area (Å²) in [5, 5.41) is 3.06. The molecule has 1 amide bonds. The van der Waals surface area contributed by atoms with E-state index in [1.54, 1.807) is 0 Å². The maximum absolute atomic E-state index is 13.6. The zero-order chi connectivity index (χ0) is 55.0. The van der Waals surface area contributed by atoms with E-state index in [0.29, 0.717) is 17.4 Å². The van der Waals surface area contributed by atoms with Crippen LogP contribution >= 0.6 is 7.82 Å². The summed E-state index contributed by atoms with van der Waals surface area (Å²) in [4.78, 5) is 37.7. The van der Waals surface area contributed by atoms with Crippen LogP contribution in [0.1, 0.15) is 329 Å². The van der Waals surface area contributed by atoms with Crippen molar-refractivity contribution in [3.05, 3.63) is 24.3 Å². The van der Waals surface area contributed by atoms with E-state index >= 15 is 0 Å². The molecule has 0 aliphatic heterocycles. The lowest BCUT2D eigenvalue weighted by Gasteiger charge is -2.27. The lowest BCUT2D eigenvalue weighted by molar-refractivity contribution is -0.870. The summed E-state index contributed by atoms with van der Waals surface area (Å²) in [5.41, 5.74) is 0. The van der Waals surface area contributed by atoms with Gasteiger partial charge in [0.15, 0.2) is 0 Å². The fraction of sp³-hybridized carbons (Fsp3) is 0.908. The number of nitrogens with zero attached hydrogens (tertiary/aromatic N) is 1. The van der Waals surface area contributed by atoms with Gasteiger partial charge in [-0.05, 0) is 57.4 Å². The van der Waals surface area contributed by atoms with E-state index in [9.17, 15) is 19.0 Å². The number of esters is 1. The van der Waals surface area contributed by atoms with Crippen molar-refractivity contribution in [2.24, 2.45) is 0 Å². The van der Waals surface area contributed by atoms with Gasteiger partial charge in [-0.15, -0.1) is 0 Å². The van der Waals surface area contributed by atoms with Crippen LogP contribution in [-0.4, -0.2) is 74.3 Å². The van der Waals surface area contributed by atoms with E-state index < -0.39 is 20.0 Å². The van der Waals surface area contributed by atoms with E-state index in [1.165, 1.54) is 225 Å². The normalized spacial score (nSPS) is 13.7. The van der Waals surface area contributed by atoms with Crippen LogP contribution in [-0.2, 0) is 27.9 Å². The molecule has 0 aliphatic rings. The van der Waals surface area contributed by atoms with Crippen LogP contribution in [0.15, 0.2) is 24.3 Å². The molecule has 9 nitrogen and oxygen atoms in total. The first kappa shape index (κ1) is 73.5. The van der Waals surface area contributed by atoms with Crippen LogP contribution in [0.3, 0.4) is 0 Å². The molecule has 0 fully saturated rings. The zero-order valence-corrected chi connectivity index (χ0v) is 51.7. The van der Waals surface area contributed by atoms with Gasteiger partial charge in [0.25, 0.3) is 0 Å². The smallest absolute Gasteiger partial charge is 0.456 e. The molecular formula is C65H128N2O7P+. The number of phosphoric ester groups is 1. The number of carbonyl (C=O) groups excluding carboxylic acids is 2. The van der Waals surface area contributed by atoms with E-state index in [2.05, 4.69) is 38.2 Å². The average Bonchev–Trinajstić information content (AvgIpc) is 3.37. The van der Waals surface area contributed by atoms with Crippen molar-refractivity contribution in [1.82, 2.24) is 5.32 Å². The third-order valence-corrected chi connectivity index (χ3v) is 15.9. The lowest BCUT2D eigenvalue weighted by atomic mass is 10.0. The Hall–Kier alpha value is -1.51. The summed E-state index contributed by atoms with van der Waals surface area (Å²) in [5.74, 6) is -0.506. The van der Waals surface area contributed by atoms with Gasteiger partial charge in [-0.2, -0.15) is 0 Å². The van der Waals surface area contributed by atoms with Crippen molar-refractivity contribution >= 4 is 19.7 Å². The Kier molecular flexibility index (Phi) is 54.7. The van der Waals surface area contributed by atoms with Crippen LogP contribution in [0.4, 0.5) is 0 Å². The number of rotatable bonds is 60. The Balaban J connectivity index is 5.12. The maximum atomic E-state index is 13.6. The monoisotopic (exact) mass is 1080 g/mol. The molecule has 0 aromatic carbocycles. The number of hydrogen-bond acceptors (Lipinski definition) is 6. The number of carbonyl (C=O) groups is 2. The second-order valence-electron chi connectivity index (χ2n) is 23.6. The number of unbranched alkanes of at least 4 members (excludes halogenated alkanes) is 42. The number of ether oxygens (including phenoxy) is 1. The molecular weight excluding hydrogens is 952 g/mol. The fourth-order valence-electron chi connectivity index (χ4n) is 9.82. The van der Waals surface area contributed by atoms with E-state index in [0.717, 1.165) is 70.6 Å². The Labute approximate surface area is 466 Å². The summed E-state index contributed by atoms with van der Waals surface area (Å²) in [7, 11) is 1.51. The first-order valence-corrected chi connectivity index (χ1v) is 34.2. The van der Waals surface area contributed by atoms with Gasteiger partial charge in [0, 0.05) is 12.8 Å². The van der Waals surface area contributed by atoms with Crippen LogP contribution in [0.25, 0.3) is 0 Å². The summed E-state index contributed by atoms with van der Waals surface area (Å²) in [6.07, 6.45) is 66.1. The van der Waals surface area contributed by atoms with E-state index in [1.807, 2.05) is 33.3 Å². The number of nitrogens with one attached hydrogen (secondary N) is 1. The highest BCUT2D eigenvalue weighted by molar-refractivity contribution is 7.47. The largest absolute Gasteiger partial charge is 0.472 e. The third kappa shape index (κ3) is 57.0. The number of hydrogen-bond donors (Lipinski definition) is 2. The van der Waals surface area contributed by atoms with Gasteiger partial charge in [-0.25, -0.2) is 4.57 Å². The molecule has 0 heterocycles. The first-order chi connectivity index (χ1) is 36.4. The molecule has 0 aliphatic carbocycles. The molecule has 0 aromatic rings. The molecule has 0 saturated heterocycles. The number of likely N-dealkylation sites (N-methyl/N-ethyl adjacent to an activating group) is 1. The molecule has 444 valence electrons. The minimum atomic E-state index is -4.45. The minimum Gasteiger partial charge on any atom is -0.456 e. The number of phosphoric acid groups is 1. The first-order valence-electron chi connectivity index (χ1n) is 32.7. The fourth-order valence-corrected chi connectivity index (χ4v) is 10.6. The van der Waals surface area contributed by atoms with Gasteiger partial charge in [0.1, 0.15) is 19.3 Å². The molecule has 3 unspecified atom stereocenters. The second-order valence-corrected chi connectivity index (χ2v) is 25.1. The van der Waals surface area contributed by atoms with Crippen molar-refractivity contribution in [1.29, 1.82) is 0 Å². The van der Waals surface area contributed by atoms with Gasteiger partial charge in [0.2, 0.25) is 5.91 Å². The van der Waals surface area contributed by atoms with E-state index in [-0.39, 0.29) is 31.5 Å². The topological polar surface area (TPSA) is 111 Å². The molecule has 0 saturated carbocycles. The van der Waals surface area contributed by atoms with Crippen LogP contribution in [0, 0.1) is 0 Å². The van der Waals surface area contributed by atoms with Crippen LogP contribution in [0.2, 0.25) is 0 Å². The van der Waals surface area contributed by atoms with Crippen molar-refractivity contribution in [2.75, 3.05) is 40.9 Å². The third-order valence-electron chi connectivity index (χ3n) is 14.9. The molecule has 0 aromatic heterocycles. The van der Waals surface area contributed by atoms with Gasteiger partial charge >= 0.3 is 13.8 Å². The Morgan fingerprint density at radius 3 is 1.15 bits per heavy atom. The van der Waals surface area contributed by atoms with Gasteiger partial charge < -0.3 is 19.4 Å². The van der Waals surface area contributed by atoms with Gasteiger partial charge in [-0.1, -0.05) is 283 Å². The van der Waals surface area contributed by atoms with Crippen molar-refractivity contribution in [3.63, 3.8) is 0 Å². The molecule has 75 heavy (non-hydrogen) atoms. The van der Waals surface area contributed by atoms with Crippen LogP contribution < -0.4 is 5.32 Å². The summed E-state index contributed by atoms with van der Waals surface area (Å²) in [6.45, 7) is 7.05. The highest BCUT2D eigenvalue weighted by Crippen LogP contribution is 2.43. The molecule has 0 rings (SSSR count). The standard InChI is InChI=1S/C65H127N2O7P/c1-7-10-13-16-19-22-25-28-29-30-31-32-33-34-35-36-37-40-42-45-48-51-54-57-64(68)66-62(61-73-75(70,71)72-60-59-67(4,5)6)63(56-53-50-47-44-41-38-26-23-20-17-14-11-8-2)74-65(69)58-55-52-49-46-43-39-27-24-21-18-15-12-9-3/h39,43,53,56,62-63H,7-38,40-42,44-52,54-55,57-61H2,1-6H3,(H-,66,68,70,71)/p+1/b43-39-,56-53-. The summed E-state index contributed by atoms with van der Waals surface area (Å²) >= 11 is 0. The van der Waals surface area contributed by atoms with E-state index in [4.69, 9.17) is 13.8 Å². The number of quaternary nitrogens is 1. The zero-order valence-electron chi connectivity index (χ0n) is 50.8. The molecule has 3 atom stereocenters. The summed E-state index contributed by atoms with van der Waals surface area (Å²) < 4.78 is 30.7. The SMILES string of the molecule is CCCCCCCC/C=C\CCCCCC(=O)OC(/C=C\CCCCCCCCCCCCC)C(COP(=O)(O)OCC[N+](C)(C)C)NC(=O)CCCCCCCCCCCCCCCCCCCCCCCCC. The summed E-state index contributed by atoms with van der Waals surface area (Å²) in [6, 6.07) is -0.848. The van der Waals surface area contributed by atoms with Gasteiger partial charge in [0.05, 0.1) is 33.8 Å². The highest BCUT2D eigenvalue weighted by Gasteiger charge is 2.30. The Morgan fingerprint density at radius 1 is 0.453 bits per heavy atom. The molecule has 0 radical (unpaired) electrons. The second kappa shape index (κ2) is 55.8. The van der Waals surface area contributed by atoms with Crippen molar-refractivity contribution in [2.45, 2.75) is 341 Å². The maximum Gasteiger partial charge on any atom is 0.472 e. The number of amides is 1. The van der Waals surface area contributed by atoms with Crippen molar-refractivity contribution < 1.29 is 37.3 Å². The highest BCUT2D eigenvalue weighted by atomic mass is 31.2. The van der Waals surface area contributed by atoms with Gasteiger partial charge in [-0.3, -0.25) is 18.6 Å². The minimum absolute atomic E-state index is 0.0417. The Bertz CT molecular complexity index is 1340. The number of allylic oxidation sites excluding steroid dienone is 3. The molecule has 10 heteroatoms.